The number of halogens is 1. The first-order valence-corrected chi connectivity index (χ1v) is 12.4. The summed E-state index contributed by atoms with van der Waals surface area (Å²) in [4.78, 5) is 12.4. The second-order valence-corrected chi connectivity index (χ2v) is 10.4. The quantitative estimate of drug-likeness (QED) is 0.496. The van der Waals surface area contributed by atoms with E-state index in [1.165, 1.54) is 4.31 Å². The second-order valence-electron chi connectivity index (χ2n) is 8.18. The molecule has 0 radical (unpaired) electrons. The maximum atomic E-state index is 14.2. The lowest BCUT2D eigenvalue weighted by Crippen LogP contribution is -2.42. The summed E-state index contributed by atoms with van der Waals surface area (Å²) in [6.45, 7) is 3.70. The number of hydrogen-bond acceptors (Lipinski definition) is 3. The summed E-state index contributed by atoms with van der Waals surface area (Å²) in [6, 6.07) is 19.5. The van der Waals surface area contributed by atoms with Crippen molar-refractivity contribution in [3.63, 3.8) is 0 Å². The maximum Gasteiger partial charge on any atom is 0.333 e. The minimum absolute atomic E-state index is 0.0258. The molecule has 1 aliphatic heterocycles. The minimum atomic E-state index is -4.08. The predicted molar refractivity (Wildman–Crippen MR) is 129 cm³/mol. The summed E-state index contributed by atoms with van der Waals surface area (Å²) in [5.41, 5.74) is 3.03. The lowest BCUT2D eigenvalue weighted by Gasteiger charge is -2.41. The smallest absolute Gasteiger partial charge is 0.333 e. The summed E-state index contributed by atoms with van der Waals surface area (Å²) in [5, 5.41) is 10.5. The summed E-state index contributed by atoms with van der Waals surface area (Å²) in [7, 11) is -4.08. The standard InChI is InChI=1S/C26H24ClNO4S/c1-17-7-9-19(10-8-17)23-16-15-22(26(29)30)25(20-11-13-21(27)14-12-20)28(23)33(31,32)24-6-4-3-5-18(24)2/h3-15,23,25H,16H2,1-2H3,(H,29,30)/t23-,25-/m0/s1. The zero-order valence-corrected chi connectivity index (χ0v) is 19.8. The molecule has 2 atom stereocenters. The number of aliphatic carboxylic acids is 1. The van der Waals surface area contributed by atoms with Crippen molar-refractivity contribution in [1.82, 2.24) is 4.31 Å². The molecule has 0 amide bonds. The number of aryl methyl sites for hydroxylation is 2. The molecule has 1 N–H and O–H groups in total. The van der Waals surface area contributed by atoms with Gasteiger partial charge in [0.15, 0.2) is 0 Å². The molecule has 33 heavy (non-hydrogen) atoms. The van der Waals surface area contributed by atoms with Crippen LogP contribution in [0.1, 0.15) is 40.8 Å². The fourth-order valence-corrected chi connectivity index (χ4v) is 6.42. The lowest BCUT2D eigenvalue weighted by molar-refractivity contribution is -0.133. The number of hydrogen-bond donors (Lipinski definition) is 1. The lowest BCUT2D eigenvalue weighted by atomic mass is 9.89. The fourth-order valence-electron chi connectivity index (χ4n) is 4.28. The summed E-state index contributed by atoms with van der Waals surface area (Å²) < 4.78 is 29.7. The van der Waals surface area contributed by atoms with E-state index in [0.717, 1.165) is 11.1 Å². The van der Waals surface area contributed by atoms with Gasteiger partial charge in [0, 0.05) is 5.02 Å². The van der Waals surface area contributed by atoms with Crippen molar-refractivity contribution in [2.24, 2.45) is 0 Å². The number of carboxylic acids is 1. The molecule has 7 heteroatoms. The van der Waals surface area contributed by atoms with Gasteiger partial charge in [-0.1, -0.05) is 77.8 Å². The highest BCUT2D eigenvalue weighted by atomic mass is 35.5. The third-order valence-corrected chi connectivity index (χ3v) is 8.25. The van der Waals surface area contributed by atoms with Crippen LogP contribution in [-0.4, -0.2) is 23.8 Å². The third-order valence-electron chi connectivity index (χ3n) is 5.96. The molecule has 1 aliphatic rings. The Morgan fingerprint density at radius 1 is 0.939 bits per heavy atom. The molecule has 0 saturated carbocycles. The topological polar surface area (TPSA) is 74.7 Å². The van der Waals surface area contributed by atoms with Crippen LogP contribution in [0.3, 0.4) is 0 Å². The molecule has 5 nitrogen and oxygen atoms in total. The van der Waals surface area contributed by atoms with Crippen molar-refractivity contribution in [2.75, 3.05) is 0 Å². The SMILES string of the molecule is Cc1ccc([C@@H]2CC=C(C(=O)O)[C@H](c3ccc(Cl)cc3)N2S(=O)(=O)c2ccccc2C)cc1. The number of sulfonamides is 1. The van der Waals surface area contributed by atoms with E-state index < -0.39 is 28.1 Å². The molecule has 1 heterocycles. The first kappa shape index (κ1) is 23.2. The van der Waals surface area contributed by atoms with Crippen LogP contribution in [0.5, 0.6) is 0 Å². The van der Waals surface area contributed by atoms with Gasteiger partial charge in [0.2, 0.25) is 10.0 Å². The van der Waals surface area contributed by atoms with E-state index in [4.69, 9.17) is 11.6 Å². The van der Waals surface area contributed by atoms with Gasteiger partial charge in [-0.15, -0.1) is 0 Å². The first-order chi connectivity index (χ1) is 15.7. The van der Waals surface area contributed by atoms with Crippen LogP contribution in [0.4, 0.5) is 0 Å². The predicted octanol–water partition coefficient (Wildman–Crippen LogP) is 5.84. The molecular formula is C26H24ClNO4S. The van der Waals surface area contributed by atoms with Crippen LogP contribution < -0.4 is 0 Å². The first-order valence-electron chi connectivity index (χ1n) is 10.5. The van der Waals surface area contributed by atoms with Crippen LogP contribution in [0.15, 0.2) is 89.3 Å². The number of nitrogens with zero attached hydrogens (tertiary/aromatic N) is 1. The van der Waals surface area contributed by atoms with Crippen LogP contribution in [0, 0.1) is 13.8 Å². The Bertz CT molecular complexity index is 1320. The van der Waals surface area contributed by atoms with Crippen LogP contribution in [-0.2, 0) is 14.8 Å². The van der Waals surface area contributed by atoms with Crippen molar-refractivity contribution >= 4 is 27.6 Å². The highest BCUT2D eigenvalue weighted by Gasteiger charge is 2.44. The van der Waals surface area contributed by atoms with Gasteiger partial charge in [0.1, 0.15) is 0 Å². The van der Waals surface area contributed by atoms with Gasteiger partial charge in [0.25, 0.3) is 0 Å². The second kappa shape index (κ2) is 9.14. The van der Waals surface area contributed by atoms with Gasteiger partial charge in [-0.25, -0.2) is 13.2 Å². The van der Waals surface area contributed by atoms with Crippen molar-refractivity contribution in [2.45, 2.75) is 37.2 Å². The van der Waals surface area contributed by atoms with Gasteiger partial charge < -0.3 is 5.11 Å². The molecular weight excluding hydrogens is 458 g/mol. The van der Waals surface area contributed by atoms with Gasteiger partial charge in [-0.05, 0) is 55.2 Å². The molecule has 0 bridgehead atoms. The van der Waals surface area contributed by atoms with E-state index >= 15 is 0 Å². The number of carboxylic acid groups (broad SMARTS) is 1. The van der Waals surface area contributed by atoms with E-state index in [1.54, 1.807) is 61.5 Å². The van der Waals surface area contributed by atoms with Crippen molar-refractivity contribution < 1.29 is 18.3 Å². The monoisotopic (exact) mass is 481 g/mol. The molecule has 0 unspecified atom stereocenters. The highest BCUT2D eigenvalue weighted by Crippen LogP contribution is 2.46. The summed E-state index contributed by atoms with van der Waals surface area (Å²) in [6.07, 6.45) is 1.88. The molecule has 0 fully saturated rings. The van der Waals surface area contributed by atoms with Crippen molar-refractivity contribution in [3.05, 3.63) is 112 Å². The van der Waals surface area contributed by atoms with E-state index in [2.05, 4.69) is 0 Å². The maximum absolute atomic E-state index is 14.2. The largest absolute Gasteiger partial charge is 0.478 e. The molecule has 3 aromatic rings. The molecule has 4 rings (SSSR count). The number of carbonyl (C=O) groups is 1. The van der Waals surface area contributed by atoms with Gasteiger partial charge in [-0.3, -0.25) is 0 Å². The van der Waals surface area contributed by atoms with Crippen molar-refractivity contribution in [1.29, 1.82) is 0 Å². The van der Waals surface area contributed by atoms with Crippen LogP contribution in [0.2, 0.25) is 5.02 Å². The minimum Gasteiger partial charge on any atom is -0.478 e. The average Bonchev–Trinajstić information content (AvgIpc) is 2.79. The van der Waals surface area contributed by atoms with Gasteiger partial charge in [0.05, 0.1) is 22.6 Å². The normalized spacial score (nSPS) is 19.2. The van der Waals surface area contributed by atoms with E-state index in [9.17, 15) is 18.3 Å². The van der Waals surface area contributed by atoms with Crippen molar-refractivity contribution in [3.8, 4) is 0 Å². The number of benzene rings is 3. The molecule has 170 valence electrons. The van der Waals surface area contributed by atoms with E-state index in [-0.39, 0.29) is 16.9 Å². The molecule has 0 aromatic heterocycles. The summed E-state index contributed by atoms with van der Waals surface area (Å²) >= 11 is 6.07. The summed E-state index contributed by atoms with van der Waals surface area (Å²) in [5.74, 6) is -1.15. The number of rotatable bonds is 5. The molecule has 3 aromatic carbocycles. The Morgan fingerprint density at radius 3 is 2.15 bits per heavy atom. The Labute approximate surface area is 199 Å². The molecule has 0 aliphatic carbocycles. The zero-order chi connectivity index (χ0) is 23.8. The molecule has 0 saturated heterocycles. The van der Waals surface area contributed by atoms with Crippen LogP contribution >= 0.6 is 11.6 Å². The average molecular weight is 482 g/mol. The highest BCUT2D eigenvalue weighted by molar-refractivity contribution is 7.89. The molecule has 0 spiro atoms. The fraction of sp³-hybridized carbons (Fsp3) is 0.192. The van der Waals surface area contributed by atoms with Crippen LogP contribution in [0.25, 0.3) is 0 Å². The van der Waals surface area contributed by atoms with E-state index in [1.807, 2.05) is 31.2 Å². The Kier molecular flexibility index (Phi) is 6.43. The van der Waals surface area contributed by atoms with E-state index in [0.29, 0.717) is 16.1 Å². The third kappa shape index (κ3) is 4.47. The Balaban J connectivity index is 1.98. The Hall–Kier alpha value is -2.93. The van der Waals surface area contributed by atoms with Gasteiger partial charge in [-0.2, -0.15) is 4.31 Å². The zero-order valence-electron chi connectivity index (χ0n) is 18.3. The Morgan fingerprint density at radius 2 is 1.55 bits per heavy atom. The van der Waals surface area contributed by atoms with Gasteiger partial charge >= 0.3 is 5.97 Å².